The molecule has 0 aliphatic carbocycles. The highest BCUT2D eigenvalue weighted by Crippen LogP contribution is 2.36. The normalized spacial score (nSPS) is 10.2. The zero-order valence-electron chi connectivity index (χ0n) is 10.2. The van der Waals surface area contributed by atoms with E-state index in [1.54, 1.807) is 0 Å². The molecule has 0 saturated carbocycles. The average molecular weight is 328 g/mol. The fraction of sp³-hybridized carbons (Fsp3) is 0. The summed E-state index contributed by atoms with van der Waals surface area (Å²) < 4.78 is 5.33. The lowest BCUT2D eigenvalue weighted by Crippen LogP contribution is -2.03. The van der Waals surface area contributed by atoms with E-state index in [0.29, 0.717) is 0 Å². The summed E-state index contributed by atoms with van der Waals surface area (Å²) in [5, 5.41) is 20.6. The van der Waals surface area contributed by atoms with Gasteiger partial charge in [0.2, 0.25) is 5.75 Å². The van der Waals surface area contributed by atoms with Gasteiger partial charge in [0.1, 0.15) is 11.3 Å². The lowest BCUT2D eigenvalue weighted by atomic mass is 10.1. The van der Waals surface area contributed by atoms with Crippen molar-refractivity contribution < 1.29 is 19.6 Å². The van der Waals surface area contributed by atoms with Gasteiger partial charge in [-0.25, -0.2) is 4.79 Å². The number of para-hydroxylation sites is 1. The molecule has 0 aliphatic heterocycles. The van der Waals surface area contributed by atoms with Crippen molar-refractivity contribution in [3.8, 4) is 11.5 Å². The molecule has 0 heterocycles. The number of rotatable bonds is 4. The average Bonchev–Trinajstić information content (AvgIpc) is 2.37. The second-order valence-corrected chi connectivity index (χ2v) is 4.80. The summed E-state index contributed by atoms with van der Waals surface area (Å²) in [7, 11) is 0. The number of nitro groups is 1. The van der Waals surface area contributed by atoms with Crippen LogP contribution >= 0.6 is 23.2 Å². The molecule has 8 heteroatoms. The molecule has 0 amide bonds. The van der Waals surface area contributed by atoms with Gasteiger partial charge in [0.05, 0.1) is 4.92 Å². The molecule has 6 nitrogen and oxygen atoms in total. The Morgan fingerprint density at radius 3 is 2.33 bits per heavy atom. The number of benzene rings is 2. The topological polar surface area (TPSA) is 89.7 Å². The van der Waals surface area contributed by atoms with Crippen LogP contribution in [0.4, 0.5) is 5.69 Å². The van der Waals surface area contributed by atoms with Crippen LogP contribution in [-0.4, -0.2) is 16.0 Å². The molecular weight excluding hydrogens is 321 g/mol. The third kappa shape index (κ3) is 3.42. The lowest BCUT2D eigenvalue weighted by molar-refractivity contribution is -0.385. The highest BCUT2D eigenvalue weighted by Gasteiger charge is 2.23. The fourth-order valence-electron chi connectivity index (χ4n) is 1.65. The summed E-state index contributed by atoms with van der Waals surface area (Å²) >= 11 is 11.6. The molecule has 0 atom stereocenters. The third-order valence-electron chi connectivity index (χ3n) is 2.48. The second kappa shape index (κ2) is 5.99. The van der Waals surface area contributed by atoms with Crippen molar-refractivity contribution in [2.75, 3.05) is 0 Å². The molecule has 2 rings (SSSR count). The number of carboxylic acids is 1. The maximum absolute atomic E-state index is 11.2. The number of ether oxygens (including phenoxy) is 1. The van der Waals surface area contributed by atoms with Gasteiger partial charge in [-0.05, 0) is 24.3 Å². The molecule has 1 N–H and O–H groups in total. The number of nitro benzene ring substituents is 1. The van der Waals surface area contributed by atoms with Crippen LogP contribution in [-0.2, 0) is 0 Å². The number of hydrogen-bond donors (Lipinski definition) is 1. The van der Waals surface area contributed by atoms with E-state index >= 15 is 0 Å². The first-order valence-electron chi connectivity index (χ1n) is 5.53. The molecule has 108 valence electrons. The molecule has 0 saturated heterocycles. The summed E-state index contributed by atoms with van der Waals surface area (Å²) in [6.07, 6.45) is 0. The molecule has 0 spiro atoms. The number of nitrogens with zero attached hydrogens (tertiary/aromatic N) is 1. The number of carbonyl (C=O) groups is 1. The van der Waals surface area contributed by atoms with Crippen molar-refractivity contribution in [3.05, 3.63) is 62.1 Å². The van der Waals surface area contributed by atoms with E-state index in [-0.39, 0.29) is 27.1 Å². The molecule has 21 heavy (non-hydrogen) atoms. The van der Waals surface area contributed by atoms with E-state index in [1.165, 1.54) is 30.3 Å². The Balaban J connectivity index is 2.56. The number of aromatic carboxylic acids is 1. The predicted octanol–water partition coefficient (Wildman–Crippen LogP) is 4.39. The fourth-order valence-corrected chi connectivity index (χ4v) is 2.16. The minimum Gasteiger partial charge on any atom is -0.478 e. The Hall–Kier alpha value is -2.31. The Kier molecular flexibility index (Phi) is 4.30. The Morgan fingerprint density at radius 2 is 1.81 bits per heavy atom. The first-order valence-corrected chi connectivity index (χ1v) is 6.28. The lowest BCUT2D eigenvalue weighted by Gasteiger charge is -2.09. The van der Waals surface area contributed by atoms with Crippen LogP contribution in [0.15, 0.2) is 36.4 Å². The molecule has 2 aromatic carbocycles. The van der Waals surface area contributed by atoms with Gasteiger partial charge in [0, 0.05) is 16.1 Å². The standard InChI is InChI=1S/C13H7Cl2NO5/c14-7-4-8(15)6-9(5-7)21-12-10(13(17)18)2-1-3-11(12)16(19)20/h1-6H,(H,17,18). The molecule has 0 fully saturated rings. The molecule has 2 aromatic rings. The van der Waals surface area contributed by atoms with Gasteiger partial charge in [0.25, 0.3) is 0 Å². The van der Waals surface area contributed by atoms with Gasteiger partial charge in [0.15, 0.2) is 0 Å². The monoisotopic (exact) mass is 327 g/mol. The molecule has 0 bridgehead atoms. The maximum atomic E-state index is 11.2. The molecule has 0 radical (unpaired) electrons. The first kappa shape index (κ1) is 15.1. The highest BCUT2D eigenvalue weighted by molar-refractivity contribution is 6.34. The Labute approximate surface area is 128 Å². The smallest absolute Gasteiger partial charge is 0.339 e. The number of carboxylic acid groups (broad SMARTS) is 1. The van der Waals surface area contributed by atoms with Crippen molar-refractivity contribution >= 4 is 34.9 Å². The number of halogens is 2. The van der Waals surface area contributed by atoms with Crippen LogP contribution in [0.3, 0.4) is 0 Å². The van der Waals surface area contributed by atoms with Crippen LogP contribution in [0.2, 0.25) is 10.0 Å². The largest absolute Gasteiger partial charge is 0.478 e. The van der Waals surface area contributed by atoms with Crippen molar-refractivity contribution in [1.29, 1.82) is 0 Å². The van der Waals surface area contributed by atoms with Gasteiger partial charge < -0.3 is 9.84 Å². The van der Waals surface area contributed by atoms with E-state index in [9.17, 15) is 14.9 Å². The molecule has 0 unspecified atom stereocenters. The van der Waals surface area contributed by atoms with Crippen molar-refractivity contribution in [3.63, 3.8) is 0 Å². The summed E-state index contributed by atoms with van der Waals surface area (Å²) in [6, 6.07) is 7.81. The van der Waals surface area contributed by atoms with Crippen LogP contribution in [0.5, 0.6) is 11.5 Å². The zero-order chi connectivity index (χ0) is 15.6. The summed E-state index contributed by atoms with van der Waals surface area (Å²) in [5.41, 5.74) is -0.800. The maximum Gasteiger partial charge on any atom is 0.339 e. The molecule has 0 aromatic heterocycles. The predicted molar refractivity (Wildman–Crippen MR) is 76.6 cm³/mol. The van der Waals surface area contributed by atoms with E-state index in [4.69, 9.17) is 33.0 Å². The van der Waals surface area contributed by atoms with Gasteiger partial charge >= 0.3 is 11.7 Å². The summed E-state index contributed by atoms with van der Waals surface area (Å²) in [5.74, 6) is -1.63. The quantitative estimate of drug-likeness (QED) is 0.664. The van der Waals surface area contributed by atoms with E-state index in [0.717, 1.165) is 6.07 Å². The SMILES string of the molecule is O=C(O)c1cccc([N+](=O)[O-])c1Oc1cc(Cl)cc(Cl)c1. The van der Waals surface area contributed by atoms with E-state index < -0.39 is 16.6 Å². The Morgan fingerprint density at radius 1 is 1.19 bits per heavy atom. The zero-order valence-corrected chi connectivity index (χ0v) is 11.8. The van der Waals surface area contributed by atoms with Crippen LogP contribution in [0, 0.1) is 10.1 Å². The highest BCUT2D eigenvalue weighted by atomic mass is 35.5. The minimum atomic E-state index is -1.35. The molecule has 0 aliphatic rings. The summed E-state index contributed by atoms with van der Waals surface area (Å²) in [6.45, 7) is 0. The molecular formula is C13H7Cl2NO5. The van der Waals surface area contributed by atoms with Crippen molar-refractivity contribution in [1.82, 2.24) is 0 Å². The first-order chi connectivity index (χ1) is 9.88. The van der Waals surface area contributed by atoms with Gasteiger partial charge in [-0.2, -0.15) is 0 Å². The van der Waals surface area contributed by atoms with Crippen LogP contribution in [0.25, 0.3) is 0 Å². The van der Waals surface area contributed by atoms with Crippen LogP contribution < -0.4 is 4.74 Å². The number of hydrogen-bond acceptors (Lipinski definition) is 4. The van der Waals surface area contributed by atoms with E-state index in [1.807, 2.05) is 0 Å². The summed E-state index contributed by atoms with van der Waals surface area (Å²) in [4.78, 5) is 21.4. The second-order valence-electron chi connectivity index (χ2n) is 3.92. The van der Waals surface area contributed by atoms with Crippen LogP contribution in [0.1, 0.15) is 10.4 Å². The van der Waals surface area contributed by atoms with Crippen molar-refractivity contribution in [2.45, 2.75) is 0 Å². The third-order valence-corrected chi connectivity index (χ3v) is 2.91. The van der Waals surface area contributed by atoms with Gasteiger partial charge in [-0.15, -0.1) is 0 Å². The van der Waals surface area contributed by atoms with Gasteiger partial charge in [-0.3, -0.25) is 10.1 Å². The van der Waals surface area contributed by atoms with Crippen molar-refractivity contribution in [2.24, 2.45) is 0 Å². The minimum absolute atomic E-state index is 0.101. The van der Waals surface area contributed by atoms with E-state index in [2.05, 4.69) is 0 Å². The van der Waals surface area contributed by atoms with Gasteiger partial charge in [-0.1, -0.05) is 29.3 Å². The Bertz CT molecular complexity index is 680.